The van der Waals surface area contributed by atoms with E-state index in [9.17, 15) is 19.5 Å². The van der Waals surface area contributed by atoms with Crippen LogP contribution in [0.15, 0.2) is 48.6 Å². The van der Waals surface area contributed by atoms with Gasteiger partial charge in [-0.3, -0.25) is 0 Å². The van der Waals surface area contributed by atoms with Gasteiger partial charge in [0.15, 0.2) is 0 Å². The minimum absolute atomic E-state index is 0.0701. The van der Waals surface area contributed by atoms with Gasteiger partial charge >= 0.3 is 17.9 Å². The molecule has 0 aromatic rings. The zero-order chi connectivity index (χ0) is 19.8. The molecule has 0 unspecified atom stereocenters. The lowest BCUT2D eigenvalue weighted by molar-refractivity contribution is -0.160. The van der Waals surface area contributed by atoms with Crippen molar-refractivity contribution in [2.75, 3.05) is 0 Å². The molecular weight excluding hydrogens is 336 g/mol. The fourth-order valence-electron chi connectivity index (χ4n) is 3.78. The zero-order valence-corrected chi connectivity index (χ0v) is 15.3. The predicted octanol–water partition coefficient (Wildman–Crippen LogP) is 2.82. The zero-order valence-electron chi connectivity index (χ0n) is 15.3. The number of carbonyl (C=O) groups is 3. The molecule has 140 valence electrons. The van der Waals surface area contributed by atoms with Crippen LogP contribution in [-0.4, -0.2) is 35.2 Å². The minimum Gasteiger partial charge on any atom is -0.478 e. The van der Waals surface area contributed by atoms with Crippen molar-refractivity contribution in [2.45, 2.75) is 39.4 Å². The Morgan fingerprint density at radius 1 is 1.42 bits per heavy atom. The first-order valence-electron chi connectivity index (χ1n) is 8.36. The number of carbonyl (C=O) groups excluding carboxylic acids is 2. The molecular formula is C20H24O6. The Balaban J connectivity index is 2.49. The standard InChI is InChI=1S/C20H24O6/c1-7-10(3)18(23)25-13-9-20(6,8-2)15(12(5)17(21)22)16-14(13)11(4)19(24)26-16/h7-8,13-16H,2,4-5,9H2,1,3,6H3,(H,21,22)/b10-7-/t13-,14-,15-,16+,20-/m1/s1. The Kier molecular flexibility index (Phi) is 5.26. The van der Waals surface area contributed by atoms with Gasteiger partial charge in [0.05, 0.1) is 5.92 Å². The van der Waals surface area contributed by atoms with Crippen LogP contribution >= 0.6 is 0 Å². The largest absolute Gasteiger partial charge is 0.478 e. The number of esters is 2. The normalized spacial score (nSPS) is 33.9. The minimum atomic E-state index is -1.17. The van der Waals surface area contributed by atoms with Gasteiger partial charge in [-0.25, -0.2) is 14.4 Å². The number of carboxylic acids is 1. The van der Waals surface area contributed by atoms with Crippen molar-refractivity contribution in [3.05, 3.63) is 48.6 Å². The number of carboxylic acid groups (broad SMARTS) is 1. The molecule has 2 rings (SSSR count). The van der Waals surface area contributed by atoms with E-state index in [2.05, 4.69) is 19.7 Å². The van der Waals surface area contributed by atoms with Gasteiger partial charge in [0.1, 0.15) is 12.2 Å². The summed E-state index contributed by atoms with van der Waals surface area (Å²) in [6.07, 6.45) is 2.03. The molecule has 1 N–H and O–H groups in total. The Morgan fingerprint density at radius 2 is 2.04 bits per heavy atom. The van der Waals surface area contributed by atoms with Crippen molar-refractivity contribution in [1.29, 1.82) is 0 Å². The van der Waals surface area contributed by atoms with Crippen LogP contribution in [0.1, 0.15) is 27.2 Å². The average molecular weight is 360 g/mol. The SMILES string of the molecule is C=C[C@]1(C)C[C@@H](OC(=O)/C(C)=C\C)[C@H]2C(=C)C(=O)O[C@@H]2[C@H]1C(=C)C(=O)O. The molecule has 2 aliphatic rings. The smallest absolute Gasteiger partial charge is 0.334 e. The molecule has 0 spiro atoms. The highest BCUT2D eigenvalue weighted by molar-refractivity contribution is 5.93. The summed E-state index contributed by atoms with van der Waals surface area (Å²) in [6.45, 7) is 16.4. The summed E-state index contributed by atoms with van der Waals surface area (Å²) in [5.41, 5.74) is -0.231. The molecule has 0 aromatic carbocycles. The van der Waals surface area contributed by atoms with Gasteiger partial charge in [-0.2, -0.15) is 0 Å². The molecule has 6 nitrogen and oxygen atoms in total. The lowest BCUT2D eigenvalue weighted by Crippen LogP contribution is -2.52. The molecule has 0 amide bonds. The summed E-state index contributed by atoms with van der Waals surface area (Å²) in [5, 5.41) is 9.44. The first kappa shape index (κ1) is 19.7. The molecule has 1 heterocycles. The average Bonchev–Trinajstić information content (AvgIpc) is 2.88. The summed E-state index contributed by atoms with van der Waals surface area (Å²) in [4.78, 5) is 35.9. The molecule has 2 fully saturated rings. The number of allylic oxidation sites excluding steroid dienone is 2. The van der Waals surface area contributed by atoms with Gasteiger partial charge in [-0.15, -0.1) is 6.58 Å². The quantitative estimate of drug-likeness (QED) is 0.461. The molecule has 26 heavy (non-hydrogen) atoms. The Bertz CT molecular complexity index is 731. The second-order valence-electron chi connectivity index (χ2n) is 7.06. The number of hydrogen-bond donors (Lipinski definition) is 1. The lowest BCUT2D eigenvalue weighted by Gasteiger charge is -2.47. The third kappa shape index (κ3) is 3.11. The van der Waals surface area contributed by atoms with Crippen molar-refractivity contribution >= 4 is 17.9 Å². The third-order valence-corrected chi connectivity index (χ3v) is 5.47. The van der Waals surface area contributed by atoms with E-state index in [0.29, 0.717) is 5.57 Å². The van der Waals surface area contributed by atoms with E-state index < -0.39 is 47.4 Å². The van der Waals surface area contributed by atoms with Crippen molar-refractivity contribution in [2.24, 2.45) is 17.3 Å². The van der Waals surface area contributed by atoms with Crippen LogP contribution < -0.4 is 0 Å². The highest BCUT2D eigenvalue weighted by Crippen LogP contribution is 2.53. The molecule has 6 heteroatoms. The van der Waals surface area contributed by atoms with Gasteiger partial charge < -0.3 is 14.6 Å². The fourth-order valence-corrected chi connectivity index (χ4v) is 3.78. The van der Waals surface area contributed by atoms with E-state index in [0.717, 1.165) is 0 Å². The number of ether oxygens (including phenoxy) is 2. The Labute approximate surface area is 152 Å². The molecule has 0 aromatic heterocycles. The molecule has 1 aliphatic heterocycles. The summed E-state index contributed by atoms with van der Waals surface area (Å²) < 4.78 is 11.1. The van der Waals surface area contributed by atoms with E-state index in [-0.39, 0.29) is 17.6 Å². The van der Waals surface area contributed by atoms with Crippen molar-refractivity contribution < 1.29 is 29.0 Å². The van der Waals surface area contributed by atoms with Crippen molar-refractivity contribution in [1.82, 2.24) is 0 Å². The maximum absolute atomic E-state index is 12.3. The third-order valence-electron chi connectivity index (χ3n) is 5.47. The first-order chi connectivity index (χ1) is 12.1. The van der Waals surface area contributed by atoms with Crippen LogP contribution in [0, 0.1) is 17.3 Å². The summed E-state index contributed by atoms with van der Waals surface area (Å²) in [6, 6.07) is 0. The van der Waals surface area contributed by atoms with Crippen LogP contribution in [0.2, 0.25) is 0 Å². The van der Waals surface area contributed by atoms with Crippen LogP contribution in [0.3, 0.4) is 0 Å². The number of aliphatic carboxylic acids is 1. The topological polar surface area (TPSA) is 89.9 Å². The lowest BCUT2D eigenvalue weighted by atomic mass is 9.59. The second kappa shape index (κ2) is 6.94. The predicted molar refractivity (Wildman–Crippen MR) is 95.0 cm³/mol. The molecule has 1 saturated heterocycles. The van der Waals surface area contributed by atoms with Crippen LogP contribution in [0.5, 0.6) is 0 Å². The highest BCUT2D eigenvalue weighted by atomic mass is 16.6. The van der Waals surface area contributed by atoms with Gasteiger partial charge in [-0.05, 0) is 25.7 Å². The van der Waals surface area contributed by atoms with Crippen molar-refractivity contribution in [3.63, 3.8) is 0 Å². The molecule has 5 atom stereocenters. The van der Waals surface area contributed by atoms with Crippen LogP contribution in [0.25, 0.3) is 0 Å². The number of fused-ring (bicyclic) bond motifs is 1. The van der Waals surface area contributed by atoms with Gasteiger partial charge in [-0.1, -0.05) is 32.2 Å². The number of hydrogen-bond acceptors (Lipinski definition) is 5. The van der Waals surface area contributed by atoms with E-state index in [1.807, 2.05) is 0 Å². The number of rotatable bonds is 5. The van der Waals surface area contributed by atoms with E-state index in [1.54, 1.807) is 32.9 Å². The summed E-state index contributed by atoms with van der Waals surface area (Å²) in [7, 11) is 0. The first-order valence-corrected chi connectivity index (χ1v) is 8.36. The second-order valence-corrected chi connectivity index (χ2v) is 7.06. The molecule has 1 aliphatic carbocycles. The fraction of sp³-hybridized carbons (Fsp3) is 0.450. The summed E-state index contributed by atoms with van der Waals surface area (Å²) >= 11 is 0. The molecule has 1 saturated carbocycles. The molecule has 0 bridgehead atoms. The summed E-state index contributed by atoms with van der Waals surface area (Å²) in [5.74, 6) is -3.59. The van der Waals surface area contributed by atoms with Crippen LogP contribution in [-0.2, 0) is 23.9 Å². The van der Waals surface area contributed by atoms with Gasteiger partial charge in [0.25, 0.3) is 0 Å². The highest BCUT2D eigenvalue weighted by Gasteiger charge is 2.59. The van der Waals surface area contributed by atoms with E-state index >= 15 is 0 Å². The molecule has 0 radical (unpaired) electrons. The maximum Gasteiger partial charge on any atom is 0.334 e. The van der Waals surface area contributed by atoms with Crippen LogP contribution in [0.4, 0.5) is 0 Å². The Morgan fingerprint density at radius 3 is 2.54 bits per heavy atom. The van der Waals surface area contributed by atoms with Gasteiger partial charge in [0.2, 0.25) is 0 Å². The maximum atomic E-state index is 12.3. The monoisotopic (exact) mass is 360 g/mol. The van der Waals surface area contributed by atoms with E-state index in [4.69, 9.17) is 9.47 Å². The Hall–Kier alpha value is -2.63. The van der Waals surface area contributed by atoms with Crippen molar-refractivity contribution in [3.8, 4) is 0 Å². The van der Waals surface area contributed by atoms with E-state index in [1.165, 1.54) is 0 Å². The van der Waals surface area contributed by atoms with Gasteiger partial charge in [0, 0.05) is 22.6 Å².